The Bertz CT molecular complexity index is 741. The van der Waals surface area contributed by atoms with E-state index in [2.05, 4.69) is 17.6 Å². The molecule has 0 bridgehead atoms. The number of hydrogen-bond donors (Lipinski definition) is 3. The molecule has 0 atom stereocenters. The Morgan fingerprint density at radius 3 is 2.58 bits per heavy atom. The van der Waals surface area contributed by atoms with Gasteiger partial charge in [-0.25, -0.2) is 9.59 Å². The highest BCUT2D eigenvalue weighted by molar-refractivity contribution is 7.14. The average Bonchev–Trinajstić information content (AvgIpc) is 3.05. The molecule has 3 N–H and O–H groups in total. The zero-order valence-electron chi connectivity index (χ0n) is 14.3. The second-order valence-electron chi connectivity index (χ2n) is 6.63. The van der Waals surface area contributed by atoms with Crippen LogP contribution in [-0.2, 0) is 12.0 Å². The molecule has 0 aliphatic heterocycles. The Labute approximate surface area is 145 Å². The van der Waals surface area contributed by atoms with Crippen molar-refractivity contribution in [1.82, 2.24) is 4.57 Å². The van der Waals surface area contributed by atoms with Gasteiger partial charge in [-0.05, 0) is 24.0 Å². The minimum absolute atomic E-state index is 0.138. The molecular formula is C17H23N3O3S. The van der Waals surface area contributed by atoms with E-state index in [0.29, 0.717) is 11.4 Å². The van der Waals surface area contributed by atoms with Crippen LogP contribution in [0.25, 0.3) is 0 Å². The zero-order valence-corrected chi connectivity index (χ0v) is 15.2. The molecule has 0 spiro atoms. The maximum atomic E-state index is 12.2. The lowest BCUT2D eigenvalue weighted by molar-refractivity contribution is 0.0703. The number of rotatable bonds is 5. The number of anilines is 2. The third-order valence-electron chi connectivity index (χ3n) is 3.40. The molecule has 0 radical (unpaired) electrons. The first kappa shape index (κ1) is 18.1. The fraction of sp³-hybridized carbons (Fsp3) is 0.412. The highest BCUT2D eigenvalue weighted by Crippen LogP contribution is 2.35. The fourth-order valence-electron chi connectivity index (χ4n) is 2.21. The normalized spacial score (nSPS) is 11.3. The molecular weight excluding hydrogens is 326 g/mol. The summed E-state index contributed by atoms with van der Waals surface area (Å²) in [5.74, 6) is -1.04. The van der Waals surface area contributed by atoms with Gasteiger partial charge in [0.15, 0.2) is 0 Å². The van der Waals surface area contributed by atoms with Crippen molar-refractivity contribution in [1.29, 1.82) is 0 Å². The maximum Gasteiger partial charge on any atom is 0.348 e. The van der Waals surface area contributed by atoms with E-state index in [-0.39, 0.29) is 10.3 Å². The van der Waals surface area contributed by atoms with Gasteiger partial charge >= 0.3 is 12.0 Å². The topological polar surface area (TPSA) is 83.4 Å². The van der Waals surface area contributed by atoms with Crippen molar-refractivity contribution in [3.63, 3.8) is 0 Å². The van der Waals surface area contributed by atoms with Crippen molar-refractivity contribution in [2.45, 2.75) is 46.1 Å². The van der Waals surface area contributed by atoms with Gasteiger partial charge in [-0.15, -0.1) is 11.3 Å². The van der Waals surface area contributed by atoms with Gasteiger partial charge < -0.3 is 20.3 Å². The third-order valence-corrected chi connectivity index (χ3v) is 4.95. The van der Waals surface area contributed by atoms with E-state index >= 15 is 0 Å². The number of aromatic carboxylic acids is 1. The Morgan fingerprint density at radius 2 is 2.00 bits per heavy atom. The van der Waals surface area contributed by atoms with E-state index in [4.69, 9.17) is 0 Å². The number of carboxylic acids is 1. The van der Waals surface area contributed by atoms with Crippen LogP contribution in [0, 0.1) is 0 Å². The van der Waals surface area contributed by atoms with Crippen LogP contribution >= 0.6 is 11.3 Å². The molecule has 130 valence electrons. The smallest absolute Gasteiger partial charge is 0.348 e. The van der Waals surface area contributed by atoms with Crippen LogP contribution in [0.3, 0.4) is 0 Å². The highest BCUT2D eigenvalue weighted by Gasteiger charge is 2.23. The van der Waals surface area contributed by atoms with Crippen LogP contribution < -0.4 is 10.6 Å². The van der Waals surface area contributed by atoms with Crippen molar-refractivity contribution >= 4 is 34.7 Å². The van der Waals surface area contributed by atoms with Crippen LogP contribution in [-0.4, -0.2) is 21.7 Å². The molecule has 0 aliphatic rings. The Hall–Kier alpha value is -2.28. The Kier molecular flexibility index (Phi) is 5.33. The second-order valence-corrected chi connectivity index (χ2v) is 7.68. The van der Waals surface area contributed by atoms with E-state index in [1.807, 2.05) is 43.8 Å². The summed E-state index contributed by atoms with van der Waals surface area (Å²) in [6.07, 6.45) is 4.74. The first-order valence-corrected chi connectivity index (χ1v) is 8.63. The molecule has 2 amide bonds. The number of aromatic nitrogens is 1. The van der Waals surface area contributed by atoms with Crippen molar-refractivity contribution in [2.24, 2.45) is 0 Å². The standard InChI is InChI=1S/C17H23N3O3S/c1-5-7-20-8-6-11(10-20)18-16(23)19-12-9-13(17(2,3)4)24-14(12)15(21)22/h6,8-10H,5,7H2,1-4H3,(H,21,22)(H2,18,19,23). The lowest BCUT2D eigenvalue weighted by atomic mass is 9.94. The predicted octanol–water partition coefficient (Wildman–Crippen LogP) is 4.60. The quantitative estimate of drug-likeness (QED) is 0.737. The predicted molar refractivity (Wildman–Crippen MR) is 97.3 cm³/mol. The van der Waals surface area contributed by atoms with E-state index < -0.39 is 12.0 Å². The molecule has 6 nitrogen and oxygen atoms in total. The average molecular weight is 349 g/mol. The molecule has 2 rings (SSSR count). The van der Waals surface area contributed by atoms with Crippen LogP contribution in [0.15, 0.2) is 24.5 Å². The van der Waals surface area contributed by atoms with Crippen LogP contribution in [0.1, 0.15) is 48.7 Å². The van der Waals surface area contributed by atoms with Gasteiger partial charge in [0.05, 0.1) is 11.4 Å². The summed E-state index contributed by atoms with van der Waals surface area (Å²) in [5.41, 5.74) is 0.815. The highest BCUT2D eigenvalue weighted by atomic mass is 32.1. The van der Waals surface area contributed by atoms with Crippen molar-refractivity contribution in [3.8, 4) is 0 Å². The molecule has 0 aliphatic carbocycles. The number of carbonyl (C=O) groups is 2. The van der Waals surface area contributed by atoms with Gasteiger partial charge in [-0.3, -0.25) is 0 Å². The molecule has 2 aromatic heterocycles. The van der Waals surface area contributed by atoms with E-state index in [1.54, 1.807) is 6.07 Å². The number of nitrogens with one attached hydrogen (secondary N) is 2. The number of carbonyl (C=O) groups excluding carboxylic acids is 1. The molecule has 2 aromatic rings. The first-order valence-electron chi connectivity index (χ1n) is 7.82. The largest absolute Gasteiger partial charge is 0.477 e. The number of amides is 2. The fourth-order valence-corrected chi connectivity index (χ4v) is 3.22. The summed E-state index contributed by atoms with van der Waals surface area (Å²) in [6, 6.07) is 3.09. The summed E-state index contributed by atoms with van der Waals surface area (Å²) in [5, 5.41) is 14.7. The maximum absolute atomic E-state index is 12.2. The summed E-state index contributed by atoms with van der Waals surface area (Å²) in [7, 11) is 0. The summed E-state index contributed by atoms with van der Waals surface area (Å²) in [6.45, 7) is 8.98. The second kappa shape index (κ2) is 7.09. The lowest BCUT2D eigenvalue weighted by Crippen LogP contribution is -2.20. The number of carboxylic acid groups (broad SMARTS) is 1. The molecule has 7 heteroatoms. The number of aryl methyl sites for hydroxylation is 1. The van der Waals surface area contributed by atoms with Crippen molar-refractivity contribution < 1.29 is 14.7 Å². The zero-order chi connectivity index (χ0) is 17.9. The van der Waals surface area contributed by atoms with Gasteiger partial charge in [0.2, 0.25) is 0 Å². The SMILES string of the molecule is CCCn1ccc(NC(=O)Nc2cc(C(C)(C)C)sc2C(=O)O)c1. The summed E-state index contributed by atoms with van der Waals surface area (Å²) < 4.78 is 1.99. The number of urea groups is 1. The molecule has 0 aromatic carbocycles. The molecule has 0 saturated heterocycles. The van der Waals surface area contributed by atoms with E-state index in [9.17, 15) is 14.7 Å². The van der Waals surface area contributed by atoms with E-state index in [1.165, 1.54) is 11.3 Å². The van der Waals surface area contributed by atoms with Crippen LogP contribution in [0.4, 0.5) is 16.2 Å². The lowest BCUT2D eigenvalue weighted by Gasteiger charge is -2.15. The van der Waals surface area contributed by atoms with Crippen molar-refractivity contribution in [2.75, 3.05) is 10.6 Å². The molecule has 0 unspecified atom stereocenters. The summed E-state index contributed by atoms with van der Waals surface area (Å²) in [4.78, 5) is 24.6. The number of thiophene rings is 1. The first-order chi connectivity index (χ1) is 11.2. The Balaban J connectivity index is 2.12. The molecule has 0 saturated carbocycles. The molecule has 24 heavy (non-hydrogen) atoms. The van der Waals surface area contributed by atoms with E-state index in [0.717, 1.165) is 17.8 Å². The third kappa shape index (κ3) is 4.38. The minimum Gasteiger partial charge on any atom is -0.477 e. The minimum atomic E-state index is -1.04. The van der Waals surface area contributed by atoms with Crippen LogP contribution in [0.5, 0.6) is 0 Å². The molecule has 0 fully saturated rings. The van der Waals surface area contributed by atoms with Gasteiger partial charge in [0.1, 0.15) is 4.88 Å². The van der Waals surface area contributed by atoms with Gasteiger partial charge in [-0.2, -0.15) is 0 Å². The van der Waals surface area contributed by atoms with Gasteiger partial charge in [-0.1, -0.05) is 27.7 Å². The van der Waals surface area contributed by atoms with Gasteiger partial charge in [0, 0.05) is 23.8 Å². The number of nitrogens with zero attached hydrogens (tertiary/aromatic N) is 1. The number of hydrogen-bond acceptors (Lipinski definition) is 3. The Morgan fingerprint density at radius 1 is 1.29 bits per heavy atom. The monoisotopic (exact) mass is 349 g/mol. The van der Waals surface area contributed by atoms with Gasteiger partial charge in [0.25, 0.3) is 0 Å². The molecule has 2 heterocycles. The summed E-state index contributed by atoms with van der Waals surface area (Å²) >= 11 is 1.19. The van der Waals surface area contributed by atoms with Crippen molar-refractivity contribution in [3.05, 3.63) is 34.3 Å². The van der Waals surface area contributed by atoms with Crippen LogP contribution in [0.2, 0.25) is 0 Å².